The van der Waals surface area contributed by atoms with Crippen molar-refractivity contribution in [2.75, 3.05) is 24.5 Å². The van der Waals surface area contributed by atoms with Crippen molar-refractivity contribution in [3.63, 3.8) is 0 Å². The first-order valence-electron chi connectivity index (χ1n) is 14.6. The number of hydrogen-bond acceptors (Lipinski definition) is 5. The van der Waals surface area contributed by atoms with Crippen LogP contribution in [0.4, 0.5) is 5.69 Å². The zero-order valence-corrected chi connectivity index (χ0v) is 24.2. The topological polar surface area (TPSA) is 98.2 Å². The van der Waals surface area contributed by atoms with Crippen LogP contribution in [0.2, 0.25) is 0 Å². The lowest BCUT2D eigenvalue weighted by Gasteiger charge is -2.32. The Labute approximate surface area is 248 Å². The number of carbonyl (C=O) groups is 3. The number of aryl methyl sites for hydroxylation is 1. The van der Waals surface area contributed by atoms with E-state index in [1.807, 2.05) is 0 Å². The van der Waals surface area contributed by atoms with Crippen LogP contribution >= 0.6 is 0 Å². The number of rotatable bonds is 10. The van der Waals surface area contributed by atoms with Crippen molar-refractivity contribution in [2.45, 2.75) is 52.1 Å². The van der Waals surface area contributed by atoms with Crippen molar-refractivity contribution in [1.82, 2.24) is 4.90 Å². The number of carboxylic acid groups (broad SMARTS) is 2. The van der Waals surface area contributed by atoms with Crippen LogP contribution in [0.25, 0.3) is 0 Å². The molecule has 1 saturated heterocycles. The molecule has 0 saturated carbocycles. The highest BCUT2D eigenvalue weighted by atomic mass is 16.4. The van der Waals surface area contributed by atoms with Crippen LogP contribution in [0, 0.1) is 12.8 Å². The second-order valence-electron chi connectivity index (χ2n) is 11.2. The number of ketones is 1. The van der Waals surface area contributed by atoms with Gasteiger partial charge in [-0.1, -0.05) is 60.2 Å². The molecule has 2 heterocycles. The molecule has 42 heavy (non-hydrogen) atoms. The maximum Gasteiger partial charge on any atom is 0.328 e. The van der Waals surface area contributed by atoms with Crippen molar-refractivity contribution < 1.29 is 24.6 Å². The van der Waals surface area contributed by atoms with Crippen LogP contribution in [-0.2, 0) is 29.1 Å². The highest BCUT2D eigenvalue weighted by molar-refractivity contribution is 5.96. The molecule has 7 nitrogen and oxygen atoms in total. The van der Waals surface area contributed by atoms with Crippen LogP contribution in [0.1, 0.15) is 58.3 Å². The summed E-state index contributed by atoms with van der Waals surface area (Å²) in [5.74, 6) is -1.53. The Kier molecular flexibility index (Phi) is 11.1. The third-order valence-electron chi connectivity index (χ3n) is 7.99. The third-order valence-corrected chi connectivity index (χ3v) is 7.99. The molecule has 0 radical (unpaired) electrons. The van der Waals surface area contributed by atoms with Gasteiger partial charge < -0.3 is 15.1 Å². The molecule has 5 rings (SSSR count). The van der Waals surface area contributed by atoms with Gasteiger partial charge in [-0.2, -0.15) is 0 Å². The fourth-order valence-corrected chi connectivity index (χ4v) is 5.62. The number of aliphatic carboxylic acids is 2. The summed E-state index contributed by atoms with van der Waals surface area (Å²) >= 11 is 0. The van der Waals surface area contributed by atoms with Gasteiger partial charge in [-0.05, 0) is 86.5 Å². The van der Waals surface area contributed by atoms with E-state index in [4.69, 9.17) is 10.2 Å². The maximum absolute atomic E-state index is 13.0. The summed E-state index contributed by atoms with van der Waals surface area (Å²) in [7, 11) is 0. The Bertz CT molecular complexity index is 1360. The Hall–Kier alpha value is -4.23. The van der Waals surface area contributed by atoms with Gasteiger partial charge in [0.25, 0.3) is 0 Å². The van der Waals surface area contributed by atoms with E-state index in [0.717, 1.165) is 51.1 Å². The number of carbonyl (C=O) groups excluding carboxylic acids is 1. The van der Waals surface area contributed by atoms with Crippen LogP contribution in [0.15, 0.2) is 84.9 Å². The molecule has 0 amide bonds. The van der Waals surface area contributed by atoms with Gasteiger partial charge in [0.1, 0.15) is 0 Å². The lowest BCUT2D eigenvalue weighted by atomic mass is 9.90. The summed E-state index contributed by atoms with van der Waals surface area (Å²) in [6.07, 6.45) is 6.26. The van der Waals surface area contributed by atoms with Crippen LogP contribution in [-0.4, -0.2) is 52.5 Å². The van der Waals surface area contributed by atoms with E-state index in [1.54, 1.807) is 0 Å². The van der Waals surface area contributed by atoms with E-state index in [-0.39, 0.29) is 0 Å². The molecule has 7 heteroatoms. The standard InChI is InChI=1S/C31H36N2O.C4H4O4/c1-24-7-9-27(10-8-24)23-33-20-17-28-21-29(12-13-30(28)33)31(34)14-11-25-15-18-32(19-16-25)22-26-5-3-2-4-6-26;5-3(6)1-2-4(7)8/h2-10,12-13,21,25H,11,14-20,22-23H2,1H3;1-2H,(H,5,6)(H,7,8)/b;2-1+. The predicted molar refractivity (Wildman–Crippen MR) is 165 cm³/mol. The Morgan fingerprint density at radius 3 is 2.10 bits per heavy atom. The van der Waals surface area contributed by atoms with E-state index in [0.29, 0.717) is 30.3 Å². The van der Waals surface area contributed by atoms with Crippen LogP contribution in [0.5, 0.6) is 0 Å². The van der Waals surface area contributed by atoms with E-state index < -0.39 is 11.9 Å². The molecule has 0 spiro atoms. The maximum atomic E-state index is 13.0. The summed E-state index contributed by atoms with van der Waals surface area (Å²) in [4.78, 5) is 37.1. The summed E-state index contributed by atoms with van der Waals surface area (Å²) in [6, 6.07) is 25.9. The van der Waals surface area contributed by atoms with Gasteiger partial charge in [0, 0.05) is 49.5 Å². The van der Waals surface area contributed by atoms with Crippen molar-refractivity contribution in [3.8, 4) is 0 Å². The zero-order chi connectivity index (χ0) is 29.9. The van der Waals surface area contributed by atoms with Gasteiger partial charge in [-0.15, -0.1) is 0 Å². The first kappa shape index (κ1) is 30.7. The van der Waals surface area contributed by atoms with Crippen LogP contribution < -0.4 is 4.90 Å². The molecule has 1 fully saturated rings. The number of likely N-dealkylation sites (tertiary alicyclic amines) is 1. The fourth-order valence-electron chi connectivity index (χ4n) is 5.62. The molecule has 2 aliphatic rings. The Morgan fingerprint density at radius 2 is 1.45 bits per heavy atom. The van der Waals surface area contributed by atoms with Crippen molar-refractivity contribution in [2.24, 2.45) is 5.92 Å². The third kappa shape index (κ3) is 9.42. The van der Waals surface area contributed by atoms with Gasteiger partial charge in [0.05, 0.1) is 0 Å². The summed E-state index contributed by atoms with van der Waals surface area (Å²) < 4.78 is 0. The summed E-state index contributed by atoms with van der Waals surface area (Å²) in [6.45, 7) is 7.42. The first-order valence-corrected chi connectivity index (χ1v) is 14.6. The monoisotopic (exact) mass is 568 g/mol. The molecule has 0 unspecified atom stereocenters. The average molecular weight is 569 g/mol. The van der Waals surface area contributed by atoms with E-state index in [1.165, 1.54) is 40.8 Å². The molecule has 2 N–H and O–H groups in total. The zero-order valence-electron chi connectivity index (χ0n) is 24.2. The van der Waals surface area contributed by atoms with E-state index >= 15 is 0 Å². The molecule has 3 aromatic carbocycles. The first-order chi connectivity index (χ1) is 20.3. The lowest BCUT2D eigenvalue weighted by Crippen LogP contribution is -2.33. The van der Waals surface area contributed by atoms with E-state index in [9.17, 15) is 14.4 Å². The van der Waals surface area contributed by atoms with Gasteiger partial charge in [-0.3, -0.25) is 9.69 Å². The van der Waals surface area contributed by atoms with Gasteiger partial charge in [0.15, 0.2) is 5.78 Å². The number of Topliss-reactive ketones (excluding diaryl/α,β-unsaturated/α-hetero) is 1. The summed E-state index contributed by atoms with van der Waals surface area (Å²) in [5.41, 5.74) is 7.55. The normalized spacial score (nSPS) is 15.2. The van der Waals surface area contributed by atoms with Crippen molar-refractivity contribution in [3.05, 3.63) is 113 Å². The molecule has 2 aliphatic heterocycles. The van der Waals surface area contributed by atoms with Gasteiger partial charge in [-0.25, -0.2) is 9.59 Å². The minimum atomic E-state index is -1.26. The molecule has 3 aromatic rings. The molecule has 0 aliphatic carbocycles. The van der Waals surface area contributed by atoms with Gasteiger partial charge >= 0.3 is 11.9 Å². The molecule has 0 bridgehead atoms. The fraction of sp³-hybridized carbons (Fsp3) is 0.343. The van der Waals surface area contributed by atoms with Crippen LogP contribution in [0.3, 0.4) is 0 Å². The summed E-state index contributed by atoms with van der Waals surface area (Å²) in [5, 5.41) is 15.6. The minimum absolute atomic E-state index is 0.312. The van der Waals surface area contributed by atoms with E-state index in [2.05, 4.69) is 89.5 Å². The second-order valence-corrected chi connectivity index (χ2v) is 11.2. The largest absolute Gasteiger partial charge is 0.478 e. The number of benzene rings is 3. The van der Waals surface area contributed by atoms with Crippen molar-refractivity contribution in [1.29, 1.82) is 0 Å². The molecular weight excluding hydrogens is 528 g/mol. The number of piperidine rings is 1. The highest BCUT2D eigenvalue weighted by Gasteiger charge is 2.23. The molecule has 0 aromatic heterocycles. The molecule has 0 atom stereocenters. The minimum Gasteiger partial charge on any atom is -0.478 e. The Morgan fingerprint density at radius 1 is 0.810 bits per heavy atom. The number of carboxylic acids is 2. The second kappa shape index (κ2) is 15.1. The SMILES string of the molecule is Cc1ccc(CN2CCc3cc(C(=O)CCC4CCN(Cc5ccccc5)CC4)ccc32)cc1.O=C(O)/C=C/C(=O)O. The lowest BCUT2D eigenvalue weighted by molar-refractivity contribution is -0.134. The molecule has 220 valence electrons. The molecular formula is C35H40N2O5. The number of fused-ring (bicyclic) bond motifs is 1. The quantitative estimate of drug-likeness (QED) is 0.224. The number of hydrogen-bond donors (Lipinski definition) is 2. The number of anilines is 1. The van der Waals surface area contributed by atoms with Crippen molar-refractivity contribution >= 4 is 23.4 Å². The average Bonchev–Trinajstić information content (AvgIpc) is 3.39. The Balaban J connectivity index is 0.000000446. The number of nitrogens with zero attached hydrogens (tertiary/aromatic N) is 2. The van der Waals surface area contributed by atoms with Gasteiger partial charge in [0.2, 0.25) is 0 Å². The predicted octanol–water partition coefficient (Wildman–Crippen LogP) is 6.14. The highest BCUT2D eigenvalue weighted by Crippen LogP contribution is 2.31. The smallest absolute Gasteiger partial charge is 0.328 e.